The normalized spacial score (nSPS) is 27.6. The Labute approximate surface area is 169 Å². The van der Waals surface area contributed by atoms with E-state index in [-0.39, 0.29) is 6.61 Å². The summed E-state index contributed by atoms with van der Waals surface area (Å²) in [5, 5.41) is 34.1. The number of rotatable bonds is 6. The lowest BCUT2D eigenvalue weighted by atomic mass is 9.88. The van der Waals surface area contributed by atoms with Crippen molar-refractivity contribution in [2.75, 3.05) is 20.8 Å². The van der Waals surface area contributed by atoms with Gasteiger partial charge in [-0.1, -0.05) is 35.9 Å². The van der Waals surface area contributed by atoms with E-state index in [4.69, 9.17) is 21.1 Å². The average Bonchev–Trinajstić information content (AvgIpc) is 2.72. The number of nitrogens with one attached hydrogen (secondary N) is 1. The molecule has 1 heterocycles. The van der Waals surface area contributed by atoms with Crippen LogP contribution in [0.25, 0.3) is 0 Å². The molecule has 0 aliphatic carbocycles. The number of hydrogen-bond donors (Lipinski definition) is 4. The topological polar surface area (TPSA) is 91.2 Å². The van der Waals surface area contributed by atoms with Gasteiger partial charge in [0.05, 0.1) is 25.9 Å². The van der Waals surface area contributed by atoms with Crippen LogP contribution in [0.2, 0.25) is 5.02 Å². The molecular formula is C21H26ClNO5. The molecule has 1 aliphatic rings. The quantitative estimate of drug-likeness (QED) is 0.582. The Morgan fingerprint density at radius 2 is 1.82 bits per heavy atom. The molecule has 0 radical (unpaired) electrons. The molecule has 0 aromatic heterocycles. The standard InChI is InChI=1S/C21H26ClNO5/c1-23-18-17(11-24)28-21(20(26)19(18)25)13-5-8-16(22)14(10-13)9-12-3-6-15(27-2)7-4-12/h3-8,10,17-21,23-26H,9,11H2,1-2H3/t17-,18-,19+,20-,21+/m1/s1. The summed E-state index contributed by atoms with van der Waals surface area (Å²) in [6.07, 6.45) is -2.99. The molecule has 2 aromatic carbocycles. The molecule has 0 spiro atoms. The van der Waals surface area contributed by atoms with E-state index >= 15 is 0 Å². The van der Waals surface area contributed by atoms with Crippen molar-refractivity contribution in [2.45, 2.75) is 36.9 Å². The van der Waals surface area contributed by atoms with Crippen LogP contribution in [0.4, 0.5) is 0 Å². The zero-order valence-corrected chi connectivity index (χ0v) is 16.6. The molecule has 3 rings (SSSR count). The van der Waals surface area contributed by atoms with Crippen molar-refractivity contribution in [3.05, 3.63) is 64.2 Å². The number of methoxy groups -OCH3 is 1. The molecule has 0 unspecified atom stereocenters. The van der Waals surface area contributed by atoms with Gasteiger partial charge in [0.2, 0.25) is 0 Å². The number of aliphatic hydroxyl groups excluding tert-OH is 3. The van der Waals surface area contributed by atoms with Crippen LogP contribution in [-0.2, 0) is 11.2 Å². The number of benzene rings is 2. The van der Waals surface area contributed by atoms with Gasteiger partial charge in [0, 0.05) is 5.02 Å². The first-order valence-corrected chi connectivity index (χ1v) is 9.57. The van der Waals surface area contributed by atoms with Gasteiger partial charge in [-0.05, 0) is 48.4 Å². The third kappa shape index (κ3) is 4.33. The lowest BCUT2D eigenvalue weighted by Crippen LogP contribution is -2.60. The first kappa shape index (κ1) is 21.0. The first-order valence-electron chi connectivity index (χ1n) is 9.19. The lowest BCUT2D eigenvalue weighted by Gasteiger charge is -2.42. The molecule has 6 nitrogen and oxygen atoms in total. The number of ether oxygens (including phenoxy) is 2. The maximum Gasteiger partial charge on any atom is 0.118 e. The van der Waals surface area contributed by atoms with Crippen LogP contribution in [0.15, 0.2) is 42.5 Å². The molecule has 5 atom stereocenters. The van der Waals surface area contributed by atoms with E-state index in [1.807, 2.05) is 30.3 Å². The molecule has 7 heteroatoms. The monoisotopic (exact) mass is 407 g/mol. The number of likely N-dealkylation sites (N-methyl/N-ethyl adjacent to an activating group) is 1. The van der Waals surface area contributed by atoms with Gasteiger partial charge in [-0.25, -0.2) is 0 Å². The minimum atomic E-state index is -1.13. The van der Waals surface area contributed by atoms with E-state index in [1.165, 1.54) is 0 Å². The van der Waals surface area contributed by atoms with Crippen LogP contribution >= 0.6 is 11.6 Å². The summed E-state index contributed by atoms with van der Waals surface area (Å²) in [5.41, 5.74) is 2.65. The number of hydrogen-bond acceptors (Lipinski definition) is 6. The van der Waals surface area contributed by atoms with Crippen molar-refractivity contribution in [1.29, 1.82) is 0 Å². The summed E-state index contributed by atoms with van der Waals surface area (Å²) in [4.78, 5) is 0. The van der Waals surface area contributed by atoms with Gasteiger partial charge < -0.3 is 30.1 Å². The molecule has 0 bridgehead atoms. The van der Waals surface area contributed by atoms with Gasteiger partial charge in [-0.3, -0.25) is 0 Å². The third-order valence-electron chi connectivity index (χ3n) is 5.22. The van der Waals surface area contributed by atoms with Crippen LogP contribution < -0.4 is 10.1 Å². The summed E-state index contributed by atoms with van der Waals surface area (Å²) in [5.74, 6) is 0.783. The number of halogens is 1. The largest absolute Gasteiger partial charge is 0.497 e. The Morgan fingerprint density at radius 1 is 1.11 bits per heavy atom. The van der Waals surface area contributed by atoms with E-state index in [0.717, 1.165) is 16.9 Å². The highest BCUT2D eigenvalue weighted by Gasteiger charge is 2.44. The van der Waals surface area contributed by atoms with Gasteiger partial charge in [0.25, 0.3) is 0 Å². The molecular weight excluding hydrogens is 382 g/mol. The Bertz CT molecular complexity index is 783. The van der Waals surface area contributed by atoms with Gasteiger partial charge in [0.1, 0.15) is 24.1 Å². The molecule has 1 aliphatic heterocycles. The van der Waals surface area contributed by atoms with E-state index in [1.54, 1.807) is 26.3 Å². The molecule has 0 saturated carbocycles. The highest BCUT2D eigenvalue weighted by molar-refractivity contribution is 6.31. The zero-order chi connectivity index (χ0) is 20.3. The van der Waals surface area contributed by atoms with Crippen LogP contribution in [0.1, 0.15) is 22.8 Å². The van der Waals surface area contributed by atoms with Crippen molar-refractivity contribution in [2.24, 2.45) is 0 Å². The minimum absolute atomic E-state index is 0.266. The van der Waals surface area contributed by atoms with Crippen molar-refractivity contribution in [1.82, 2.24) is 5.32 Å². The molecule has 0 amide bonds. The van der Waals surface area contributed by atoms with Gasteiger partial charge in [0.15, 0.2) is 0 Å². The van der Waals surface area contributed by atoms with Crippen LogP contribution in [-0.4, -0.2) is 60.4 Å². The van der Waals surface area contributed by atoms with Crippen molar-refractivity contribution in [3.63, 3.8) is 0 Å². The molecule has 28 heavy (non-hydrogen) atoms. The predicted molar refractivity (Wildman–Crippen MR) is 107 cm³/mol. The summed E-state index contributed by atoms with van der Waals surface area (Å²) >= 11 is 6.38. The van der Waals surface area contributed by atoms with Crippen LogP contribution in [0.3, 0.4) is 0 Å². The highest BCUT2D eigenvalue weighted by atomic mass is 35.5. The minimum Gasteiger partial charge on any atom is -0.497 e. The van der Waals surface area contributed by atoms with Gasteiger partial charge in [-0.15, -0.1) is 0 Å². The maximum atomic E-state index is 10.6. The van der Waals surface area contributed by atoms with Crippen molar-refractivity contribution < 1.29 is 24.8 Å². The Balaban J connectivity index is 1.85. The third-order valence-corrected chi connectivity index (χ3v) is 5.58. The van der Waals surface area contributed by atoms with E-state index < -0.39 is 30.5 Å². The van der Waals surface area contributed by atoms with Crippen molar-refractivity contribution >= 4 is 11.6 Å². The zero-order valence-electron chi connectivity index (χ0n) is 15.9. The second-order valence-electron chi connectivity index (χ2n) is 6.95. The van der Waals surface area contributed by atoms with E-state index in [2.05, 4.69) is 5.32 Å². The Hall–Kier alpha value is -1.67. The summed E-state index contributed by atoms with van der Waals surface area (Å²) in [7, 11) is 3.28. The van der Waals surface area contributed by atoms with E-state index in [9.17, 15) is 15.3 Å². The Morgan fingerprint density at radius 3 is 2.43 bits per heavy atom. The van der Waals surface area contributed by atoms with Crippen molar-refractivity contribution in [3.8, 4) is 5.75 Å². The second-order valence-corrected chi connectivity index (χ2v) is 7.36. The first-order chi connectivity index (χ1) is 13.5. The maximum absolute atomic E-state index is 10.6. The summed E-state index contributed by atoms with van der Waals surface area (Å²) in [6.45, 7) is -0.266. The molecule has 2 aromatic rings. The SMILES string of the molecule is CN[C@H]1[C@H](O)[C@@H](O)[C@H](c2ccc(Cl)c(Cc3ccc(OC)cc3)c2)O[C@@H]1CO. The molecule has 1 fully saturated rings. The highest BCUT2D eigenvalue weighted by Crippen LogP contribution is 2.34. The lowest BCUT2D eigenvalue weighted by molar-refractivity contribution is -0.194. The predicted octanol–water partition coefficient (Wildman–Crippen LogP) is 1.68. The van der Waals surface area contributed by atoms with Crippen LogP contribution in [0.5, 0.6) is 5.75 Å². The average molecular weight is 408 g/mol. The fraction of sp³-hybridized carbons (Fsp3) is 0.429. The molecule has 1 saturated heterocycles. The fourth-order valence-corrected chi connectivity index (χ4v) is 3.81. The number of aliphatic hydroxyl groups is 3. The smallest absolute Gasteiger partial charge is 0.118 e. The molecule has 4 N–H and O–H groups in total. The van der Waals surface area contributed by atoms with E-state index in [0.29, 0.717) is 17.0 Å². The fourth-order valence-electron chi connectivity index (χ4n) is 3.62. The summed E-state index contributed by atoms with van der Waals surface area (Å²) < 4.78 is 11.1. The van der Waals surface area contributed by atoms with Crippen LogP contribution in [0, 0.1) is 0 Å². The summed E-state index contributed by atoms with van der Waals surface area (Å²) in [6, 6.07) is 12.6. The van der Waals surface area contributed by atoms with Gasteiger partial charge >= 0.3 is 0 Å². The Kier molecular flexibility index (Phi) is 6.93. The molecule has 152 valence electrons. The van der Waals surface area contributed by atoms with Gasteiger partial charge in [-0.2, -0.15) is 0 Å². The second kappa shape index (κ2) is 9.22.